The van der Waals surface area contributed by atoms with Crippen LogP contribution in [0.1, 0.15) is 32.5 Å². The lowest BCUT2D eigenvalue weighted by Crippen LogP contribution is -2.61. The highest BCUT2D eigenvalue weighted by Gasteiger charge is 2.40. The number of imidazole rings is 1. The van der Waals surface area contributed by atoms with E-state index in [1.165, 1.54) is 0 Å². The first-order valence-electron chi connectivity index (χ1n) is 14.2. The molecule has 4 aromatic rings. The normalized spacial score (nSPS) is 14.7. The molecule has 0 bridgehead atoms. The van der Waals surface area contributed by atoms with Crippen LogP contribution >= 0.6 is 23.2 Å². The molecule has 1 saturated heterocycles. The summed E-state index contributed by atoms with van der Waals surface area (Å²) >= 11 is 12.9. The number of hydrogen-bond donors (Lipinski definition) is 3. The van der Waals surface area contributed by atoms with Crippen LogP contribution in [0.4, 0.5) is 5.82 Å². The zero-order chi connectivity index (χ0) is 30.6. The number of piperidine rings is 1. The van der Waals surface area contributed by atoms with Crippen molar-refractivity contribution in [1.29, 1.82) is 0 Å². The largest absolute Gasteiger partial charge is 0.465 e. The van der Waals surface area contributed by atoms with E-state index >= 15 is 0 Å². The average molecular weight is 626 g/mol. The van der Waals surface area contributed by atoms with Gasteiger partial charge in [-0.1, -0.05) is 42.3 Å². The van der Waals surface area contributed by atoms with Gasteiger partial charge >= 0.3 is 5.97 Å². The Kier molecular flexibility index (Phi) is 9.46. The molecule has 0 unspecified atom stereocenters. The Morgan fingerprint density at radius 3 is 2.40 bits per heavy atom. The Balaban J connectivity index is 1.65. The van der Waals surface area contributed by atoms with Gasteiger partial charge in [0.15, 0.2) is 17.0 Å². The number of nitrogens with zero attached hydrogens (tertiary/aromatic N) is 5. The summed E-state index contributed by atoms with van der Waals surface area (Å²) in [6.07, 6.45) is 1.01. The molecule has 3 heterocycles. The molecule has 2 aromatic heterocycles. The highest BCUT2D eigenvalue weighted by molar-refractivity contribution is 6.33. The van der Waals surface area contributed by atoms with E-state index in [0.717, 1.165) is 11.3 Å². The van der Waals surface area contributed by atoms with Gasteiger partial charge < -0.3 is 20.7 Å². The molecule has 0 saturated carbocycles. The molecule has 11 nitrogen and oxygen atoms in total. The van der Waals surface area contributed by atoms with Gasteiger partial charge in [0.05, 0.1) is 24.7 Å². The number of likely N-dealkylation sites (N-methyl/N-ethyl adjacent to an activating group) is 1. The minimum Gasteiger partial charge on any atom is -0.465 e. The zero-order valence-electron chi connectivity index (χ0n) is 24.1. The molecule has 1 fully saturated rings. The number of nitrogens with one attached hydrogen (secondary N) is 2. The van der Waals surface area contributed by atoms with Crippen molar-refractivity contribution in [2.24, 2.45) is 5.73 Å². The van der Waals surface area contributed by atoms with Gasteiger partial charge in [0.1, 0.15) is 17.2 Å². The number of anilines is 1. The van der Waals surface area contributed by atoms with Crippen molar-refractivity contribution in [1.82, 2.24) is 30.2 Å². The number of ether oxygens (including phenoxy) is 1. The van der Waals surface area contributed by atoms with E-state index in [9.17, 15) is 9.59 Å². The first-order valence-corrected chi connectivity index (χ1v) is 15.0. The van der Waals surface area contributed by atoms with Gasteiger partial charge in [-0.3, -0.25) is 19.5 Å². The molecule has 4 N–H and O–H groups in total. The second kappa shape index (κ2) is 13.3. The Labute approximate surface area is 259 Å². The van der Waals surface area contributed by atoms with E-state index in [1.807, 2.05) is 47.9 Å². The number of benzene rings is 2. The fraction of sp³-hybridized carbons (Fsp3) is 0.367. The average Bonchev–Trinajstić information content (AvgIpc) is 3.37. The molecule has 226 valence electrons. The number of esters is 1. The first-order chi connectivity index (χ1) is 20.8. The molecule has 2 aromatic carbocycles. The first kappa shape index (κ1) is 30.7. The lowest BCUT2D eigenvalue weighted by Gasteiger charge is -2.40. The summed E-state index contributed by atoms with van der Waals surface area (Å²) in [6, 6.07) is 14.9. The van der Waals surface area contributed by atoms with E-state index in [2.05, 4.69) is 15.5 Å². The van der Waals surface area contributed by atoms with Crippen LogP contribution in [-0.2, 0) is 20.9 Å². The van der Waals surface area contributed by atoms with Crippen molar-refractivity contribution in [3.63, 3.8) is 0 Å². The summed E-state index contributed by atoms with van der Waals surface area (Å²) < 4.78 is 6.98. The van der Waals surface area contributed by atoms with Crippen LogP contribution in [0.3, 0.4) is 0 Å². The van der Waals surface area contributed by atoms with Crippen LogP contribution in [0.2, 0.25) is 10.0 Å². The Bertz CT molecular complexity index is 1620. The monoisotopic (exact) mass is 624 g/mol. The second-order valence-corrected chi connectivity index (χ2v) is 11.1. The maximum absolute atomic E-state index is 12.4. The number of hydrogen-bond acceptors (Lipinski definition) is 9. The number of aromatic nitrogens is 4. The Morgan fingerprint density at radius 2 is 1.74 bits per heavy atom. The number of fused-ring (bicyclic) bond motifs is 1. The number of rotatable bonds is 11. The summed E-state index contributed by atoms with van der Waals surface area (Å²) in [5.74, 6) is 0.947. The quantitative estimate of drug-likeness (QED) is 0.212. The Hall–Kier alpha value is -3.77. The third-order valence-electron chi connectivity index (χ3n) is 7.50. The van der Waals surface area contributed by atoms with E-state index < -0.39 is 5.54 Å². The molecule has 5 rings (SSSR count). The van der Waals surface area contributed by atoms with Crippen LogP contribution in [0.15, 0.2) is 48.5 Å². The minimum absolute atomic E-state index is 0.0133. The maximum Gasteiger partial charge on any atom is 0.319 e. The highest BCUT2D eigenvalue weighted by Crippen LogP contribution is 2.36. The van der Waals surface area contributed by atoms with Gasteiger partial charge in [-0.15, -0.1) is 0 Å². The number of carbonyl (C=O) groups is 2. The molecular weight excluding hydrogens is 591 g/mol. The molecule has 0 aliphatic carbocycles. The van der Waals surface area contributed by atoms with Crippen molar-refractivity contribution in [2.75, 3.05) is 37.7 Å². The topological polar surface area (TPSA) is 140 Å². The third kappa shape index (κ3) is 6.45. The number of nitrogens with two attached hydrogens (primary N) is 1. The predicted molar refractivity (Wildman–Crippen MR) is 168 cm³/mol. The minimum atomic E-state index is -0.785. The van der Waals surface area contributed by atoms with Gasteiger partial charge in [-0.05, 0) is 62.7 Å². The summed E-state index contributed by atoms with van der Waals surface area (Å²) in [5.41, 5.74) is 7.70. The van der Waals surface area contributed by atoms with Gasteiger partial charge in [-0.2, -0.15) is 0 Å². The van der Waals surface area contributed by atoms with Crippen LogP contribution in [-0.4, -0.2) is 69.7 Å². The third-order valence-corrected chi connectivity index (χ3v) is 8.08. The van der Waals surface area contributed by atoms with Crippen LogP contribution in [0, 0.1) is 0 Å². The fourth-order valence-electron chi connectivity index (χ4n) is 5.38. The van der Waals surface area contributed by atoms with Crippen molar-refractivity contribution in [3.8, 4) is 17.1 Å². The van der Waals surface area contributed by atoms with Crippen molar-refractivity contribution < 1.29 is 14.3 Å². The van der Waals surface area contributed by atoms with E-state index in [0.29, 0.717) is 77.8 Å². The molecule has 0 spiro atoms. The molecular formula is C30H34Cl2N8O3. The van der Waals surface area contributed by atoms with Gasteiger partial charge in [0.25, 0.3) is 0 Å². The van der Waals surface area contributed by atoms with E-state index in [4.69, 9.17) is 48.6 Å². The highest BCUT2D eigenvalue weighted by atomic mass is 35.5. The lowest BCUT2D eigenvalue weighted by atomic mass is 9.86. The van der Waals surface area contributed by atoms with Crippen LogP contribution in [0.25, 0.3) is 28.2 Å². The van der Waals surface area contributed by atoms with Crippen LogP contribution in [0.5, 0.6) is 0 Å². The number of carbonyl (C=O) groups excluding carboxylic acids is 2. The summed E-state index contributed by atoms with van der Waals surface area (Å²) in [7, 11) is 0. The van der Waals surface area contributed by atoms with Crippen molar-refractivity contribution in [2.45, 2.75) is 38.8 Å². The van der Waals surface area contributed by atoms with Crippen LogP contribution < -0.4 is 21.3 Å². The molecule has 1 amide bonds. The number of amides is 1. The SMILES string of the molecule is CCNC1(C(N)=O)CCN(c2nc(CNCC(=O)OCC)nc3c2nc(-c2ccccc2Cl)n3-c2ccc(Cl)cc2)CC1. The van der Waals surface area contributed by atoms with Crippen molar-refractivity contribution in [3.05, 3.63) is 64.4 Å². The summed E-state index contributed by atoms with van der Waals surface area (Å²) in [6.45, 7) is 5.92. The Morgan fingerprint density at radius 1 is 1.02 bits per heavy atom. The lowest BCUT2D eigenvalue weighted by molar-refractivity contribution is -0.142. The van der Waals surface area contributed by atoms with E-state index in [-0.39, 0.29) is 25.0 Å². The maximum atomic E-state index is 12.4. The standard InChI is InChI=1S/C30H34Cl2N8O3/c1-3-35-30(29(33)42)13-15-39(16-14-30)27-25-28(37-23(36-27)17-34-18-24(41)43-4-2)40(20-11-9-19(31)10-12-20)26(38-25)21-7-5-6-8-22(21)32/h5-12,34-35H,3-4,13-18H2,1-2H3,(H2,33,42). The predicted octanol–water partition coefficient (Wildman–Crippen LogP) is 3.88. The van der Waals surface area contributed by atoms with Crippen molar-refractivity contribution >= 4 is 52.1 Å². The molecule has 0 radical (unpaired) electrons. The molecule has 13 heteroatoms. The van der Waals surface area contributed by atoms with Gasteiger partial charge in [-0.25, -0.2) is 15.0 Å². The zero-order valence-corrected chi connectivity index (χ0v) is 25.6. The molecule has 1 aliphatic heterocycles. The number of halogens is 2. The molecule has 43 heavy (non-hydrogen) atoms. The molecule has 1 aliphatic rings. The second-order valence-electron chi connectivity index (χ2n) is 10.2. The van der Waals surface area contributed by atoms with E-state index in [1.54, 1.807) is 19.1 Å². The smallest absolute Gasteiger partial charge is 0.319 e. The summed E-state index contributed by atoms with van der Waals surface area (Å²) in [5, 5.41) is 7.52. The van der Waals surface area contributed by atoms with Gasteiger partial charge in [0, 0.05) is 29.4 Å². The fourth-order valence-corrected chi connectivity index (χ4v) is 5.73. The molecule has 0 atom stereocenters. The van der Waals surface area contributed by atoms with Gasteiger partial charge in [0.2, 0.25) is 5.91 Å². The number of primary amides is 1. The summed E-state index contributed by atoms with van der Waals surface area (Å²) in [4.78, 5) is 41.4.